The Morgan fingerprint density at radius 2 is 2.00 bits per heavy atom. The van der Waals surface area contributed by atoms with Gasteiger partial charge >= 0.3 is 0 Å². The van der Waals surface area contributed by atoms with Crippen molar-refractivity contribution in [2.24, 2.45) is 0 Å². The van der Waals surface area contributed by atoms with Crippen LogP contribution in [0.5, 0.6) is 0 Å². The van der Waals surface area contributed by atoms with Crippen molar-refractivity contribution >= 4 is 5.69 Å². The van der Waals surface area contributed by atoms with E-state index in [1.165, 1.54) is 6.07 Å². The maximum Gasteiger partial charge on any atom is 0.128 e. The van der Waals surface area contributed by atoms with Gasteiger partial charge in [-0.15, -0.1) is 0 Å². The third-order valence-electron chi connectivity index (χ3n) is 2.98. The van der Waals surface area contributed by atoms with Crippen molar-refractivity contribution in [1.82, 2.24) is 0 Å². The monoisotopic (exact) mass is 234 g/mol. The number of rotatable bonds is 2. The standard InChI is InChI=1S/C12H13FN2.C2H6/c1-9-3-4-10(7-11(9)13)15-12(8-14)5-2-6-12;1-2/h3-4,7,15H,2,5-6H2,1H3;1-2H3. The van der Waals surface area contributed by atoms with Gasteiger partial charge < -0.3 is 5.32 Å². The molecule has 0 unspecified atom stereocenters. The van der Waals surface area contributed by atoms with Gasteiger partial charge in [-0.2, -0.15) is 5.26 Å². The number of hydrogen-bond acceptors (Lipinski definition) is 2. The fourth-order valence-electron chi connectivity index (χ4n) is 1.74. The smallest absolute Gasteiger partial charge is 0.128 e. The number of halogens is 1. The second-order valence-corrected chi connectivity index (χ2v) is 4.14. The van der Waals surface area contributed by atoms with Crippen LogP contribution in [0.1, 0.15) is 38.7 Å². The van der Waals surface area contributed by atoms with Crippen LogP contribution in [0.3, 0.4) is 0 Å². The van der Waals surface area contributed by atoms with Crippen molar-refractivity contribution in [1.29, 1.82) is 5.26 Å². The summed E-state index contributed by atoms with van der Waals surface area (Å²) in [6.07, 6.45) is 2.76. The van der Waals surface area contributed by atoms with Crippen LogP contribution in [-0.4, -0.2) is 5.54 Å². The Morgan fingerprint density at radius 1 is 1.35 bits per heavy atom. The minimum atomic E-state index is -0.457. The van der Waals surface area contributed by atoms with Gasteiger partial charge in [-0.05, 0) is 43.9 Å². The van der Waals surface area contributed by atoms with Crippen LogP contribution in [-0.2, 0) is 0 Å². The molecule has 0 saturated heterocycles. The van der Waals surface area contributed by atoms with E-state index in [4.69, 9.17) is 5.26 Å². The van der Waals surface area contributed by atoms with E-state index < -0.39 is 5.54 Å². The normalized spacial score (nSPS) is 15.9. The lowest BCUT2D eigenvalue weighted by Gasteiger charge is -2.36. The lowest BCUT2D eigenvalue weighted by molar-refractivity contribution is 0.356. The first kappa shape index (κ1) is 13.5. The molecule has 1 aromatic rings. The predicted molar refractivity (Wildman–Crippen MR) is 68.3 cm³/mol. The number of benzene rings is 1. The Hall–Kier alpha value is -1.56. The van der Waals surface area contributed by atoms with Gasteiger partial charge in [0.2, 0.25) is 0 Å². The molecular weight excluding hydrogens is 215 g/mol. The van der Waals surface area contributed by atoms with Gasteiger partial charge in [-0.1, -0.05) is 19.9 Å². The molecule has 0 amide bonds. The average Bonchev–Trinajstić information content (AvgIpc) is 2.31. The second-order valence-electron chi connectivity index (χ2n) is 4.14. The summed E-state index contributed by atoms with van der Waals surface area (Å²) in [5, 5.41) is 12.1. The van der Waals surface area contributed by atoms with Gasteiger partial charge in [0.1, 0.15) is 11.4 Å². The molecular formula is C14H19FN2. The van der Waals surface area contributed by atoms with E-state index in [1.54, 1.807) is 13.0 Å². The Balaban J connectivity index is 0.000000686. The van der Waals surface area contributed by atoms with Crippen molar-refractivity contribution in [3.05, 3.63) is 29.6 Å². The Kier molecular flexibility index (Phi) is 4.51. The number of anilines is 1. The molecule has 0 bridgehead atoms. The van der Waals surface area contributed by atoms with Crippen LogP contribution >= 0.6 is 0 Å². The molecule has 0 aliphatic heterocycles. The first-order valence-electron chi connectivity index (χ1n) is 6.11. The summed E-state index contributed by atoms with van der Waals surface area (Å²) in [5.41, 5.74) is 0.862. The fourth-order valence-corrected chi connectivity index (χ4v) is 1.74. The molecule has 0 aromatic heterocycles. The summed E-state index contributed by atoms with van der Waals surface area (Å²) < 4.78 is 13.3. The number of aryl methyl sites for hydroxylation is 1. The zero-order valence-electron chi connectivity index (χ0n) is 10.7. The lowest BCUT2D eigenvalue weighted by atomic mass is 9.78. The maximum absolute atomic E-state index is 13.3. The predicted octanol–water partition coefficient (Wildman–Crippen LogP) is 4.02. The molecule has 0 radical (unpaired) electrons. The molecule has 0 spiro atoms. The van der Waals surface area contributed by atoms with Gasteiger partial charge in [-0.3, -0.25) is 0 Å². The number of nitrogens with zero attached hydrogens (tertiary/aromatic N) is 1. The van der Waals surface area contributed by atoms with Gasteiger partial charge in [0.15, 0.2) is 0 Å². The topological polar surface area (TPSA) is 35.8 Å². The highest BCUT2D eigenvalue weighted by Gasteiger charge is 2.37. The van der Waals surface area contributed by atoms with Crippen molar-refractivity contribution in [3.63, 3.8) is 0 Å². The van der Waals surface area contributed by atoms with E-state index in [0.29, 0.717) is 11.3 Å². The SMILES string of the molecule is CC.Cc1ccc(NC2(C#N)CCC2)cc1F. The molecule has 1 aliphatic carbocycles. The Morgan fingerprint density at radius 3 is 2.41 bits per heavy atom. The second kappa shape index (κ2) is 5.67. The van der Waals surface area contributed by atoms with Crippen molar-refractivity contribution in [3.8, 4) is 6.07 Å². The zero-order chi connectivity index (χ0) is 12.9. The highest BCUT2D eigenvalue weighted by atomic mass is 19.1. The van der Waals surface area contributed by atoms with Crippen LogP contribution in [0.2, 0.25) is 0 Å². The molecule has 1 saturated carbocycles. The van der Waals surface area contributed by atoms with E-state index in [1.807, 2.05) is 19.9 Å². The molecule has 2 nitrogen and oxygen atoms in total. The molecule has 1 N–H and O–H groups in total. The minimum Gasteiger partial charge on any atom is -0.367 e. The van der Waals surface area contributed by atoms with Crippen LogP contribution in [0.15, 0.2) is 18.2 Å². The number of hydrogen-bond donors (Lipinski definition) is 1. The summed E-state index contributed by atoms with van der Waals surface area (Å²) in [7, 11) is 0. The molecule has 1 fully saturated rings. The van der Waals surface area contributed by atoms with Crippen molar-refractivity contribution < 1.29 is 4.39 Å². The quantitative estimate of drug-likeness (QED) is 0.839. The van der Waals surface area contributed by atoms with E-state index in [9.17, 15) is 4.39 Å². The third-order valence-corrected chi connectivity index (χ3v) is 2.98. The van der Waals surface area contributed by atoms with Crippen molar-refractivity contribution in [2.45, 2.75) is 45.6 Å². The van der Waals surface area contributed by atoms with Gasteiger partial charge in [0.25, 0.3) is 0 Å². The largest absolute Gasteiger partial charge is 0.367 e. The summed E-state index contributed by atoms with van der Waals surface area (Å²) in [6.45, 7) is 5.72. The van der Waals surface area contributed by atoms with E-state index in [2.05, 4.69) is 11.4 Å². The molecule has 1 aromatic carbocycles. The molecule has 0 heterocycles. The zero-order valence-corrected chi connectivity index (χ0v) is 10.7. The first-order valence-corrected chi connectivity index (χ1v) is 6.11. The van der Waals surface area contributed by atoms with Crippen LogP contribution < -0.4 is 5.32 Å². The first-order chi connectivity index (χ1) is 8.15. The van der Waals surface area contributed by atoms with Crippen molar-refractivity contribution in [2.75, 3.05) is 5.32 Å². The summed E-state index contributed by atoms with van der Waals surface area (Å²) >= 11 is 0. The van der Waals surface area contributed by atoms with Crippen LogP contribution in [0.4, 0.5) is 10.1 Å². The minimum absolute atomic E-state index is 0.229. The average molecular weight is 234 g/mol. The maximum atomic E-state index is 13.3. The highest BCUT2D eigenvalue weighted by molar-refractivity contribution is 5.50. The summed E-state index contributed by atoms with van der Waals surface area (Å²) in [6, 6.07) is 7.25. The van der Waals surface area contributed by atoms with Gasteiger partial charge in [-0.25, -0.2) is 4.39 Å². The molecule has 1 aliphatic rings. The van der Waals surface area contributed by atoms with E-state index in [0.717, 1.165) is 19.3 Å². The molecule has 0 atom stereocenters. The Bertz CT molecular complexity index is 417. The van der Waals surface area contributed by atoms with Crippen LogP contribution in [0.25, 0.3) is 0 Å². The molecule has 92 valence electrons. The number of nitriles is 1. The molecule has 2 rings (SSSR count). The summed E-state index contributed by atoms with van der Waals surface area (Å²) in [4.78, 5) is 0. The lowest BCUT2D eigenvalue weighted by Crippen LogP contribution is -2.43. The Labute approximate surface area is 102 Å². The molecule has 17 heavy (non-hydrogen) atoms. The molecule has 3 heteroatoms. The fraction of sp³-hybridized carbons (Fsp3) is 0.500. The number of nitrogens with one attached hydrogen (secondary N) is 1. The van der Waals surface area contributed by atoms with Gasteiger partial charge in [0, 0.05) is 5.69 Å². The van der Waals surface area contributed by atoms with E-state index in [-0.39, 0.29) is 5.82 Å². The van der Waals surface area contributed by atoms with Gasteiger partial charge in [0.05, 0.1) is 6.07 Å². The highest BCUT2D eigenvalue weighted by Crippen LogP contribution is 2.34. The van der Waals surface area contributed by atoms with E-state index >= 15 is 0 Å². The summed E-state index contributed by atoms with van der Waals surface area (Å²) in [5.74, 6) is -0.229. The third kappa shape index (κ3) is 2.97. The van der Waals surface area contributed by atoms with Crippen LogP contribution in [0, 0.1) is 24.1 Å².